The molecule has 3 aromatic rings. The zero-order chi connectivity index (χ0) is 15.7. The second-order valence-corrected chi connectivity index (χ2v) is 7.34. The Morgan fingerprint density at radius 1 is 0.727 bits per heavy atom. The van der Waals surface area contributed by atoms with E-state index in [0.29, 0.717) is 0 Å². The van der Waals surface area contributed by atoms with Gasteiger partial charge in [-0.1, -0.05) is 82.5 Å². The summed E-state index contributed by atoms with van der Waals surface area (Å²) in [7, 11) is 0.995. The monoisotopic (exact) mass is 322 g/mol. The van der Waals surface area contributed by atoms with Gasteiger partial charge >= 0.3 is 0 Å². The third-order valence-corrected chi connectivity index (χ3v) is 5.12. The van der Waals surface area contributed by atoms with Crippen LogP contribution < -0.4 is 5.19 Å². The minimum atomic E-state index is 0.821. The highest BCUT2D eigenvalue weighted by Crippen LogP contribution is 2.36. The summed E-state index contributed by atoms with van der Waals surface area (Å²) >= 11 is 6.59. The van der Waals surface area contributed by atoms with E-state index in [2.05, 4.69) is 68.4 Å². The summed E-state index contributed by atoms with van der Waals surface area (Å²) in [6, 6.07) is 21.4. The van der Waals surface area contributed by atoms with Gasteiger partial charge in [0, 0.05) is 20.8 Å². The van der Waals surface area contributed by atoms with Crippen LogP contribution in [0.5, 0.6) is 0 Å². The van der Waals surface area contributed by atoms with Crippen LogP contribution in [0, 0.1) is 13.8 Å². The molecule has 0 aliphatic carbocycles. The van der Waals surface area contributed by atoms with Crippen molar-refractivity contribution in [3.8, 4) is 22.3 Å². The highest BCUT2D eigenvalue weighted by Gasteiger charge is 2.14. The molecule has 0 aliphatic heterocycles. The number of hydrogen-bond donors (Lipinski definition) is 0. The van der Waals surface area contributed by atoms with Gasteiger partial charge in [0.25, 0.3) is 0 Å². The van der Waals surface area contributed by atoms with E-state index in [1.54, 1.807) is 0 Å². The number of aryl methyl sites for hydroxylation is 2. The van der Waals surface area contributed by atoms with E-state index in [0.717, 1.165) is 20.8 Å². The van der Waals surface area contributed by atoms with Crippen molar-refractivity contribution in [2.45, 2.75) is 13.8 Å². The lowest BCUT2D eigenvalue weighted by atomic mass is 9.93. The van der Waals surface area contributed by atoms with E-state index in [4.69, 9.17) is 11.6 Å². The second kappa shape index (κ2) is 6.11. The van der Waals surface area contributed by atoms with Crippen molar-refractivity contribution < 1.29 is 0 Å². The summed E-state index contributed by atoms with van der Waals surface area (Å²) in [6.07, 6.45) is 0. The van der Waals surface area contributed by atoms with Crippen molar-refractivity contribution in [1.82, 2.24) is 0 Å². The van der Waals surface area contributed by atoms with Gasteiger partial charge in [-0.2, -0.15) is 0 Å². The molecule has 0 aliphatic rings. The molecule has 0 amide bonds. The minimum absolute atomic E-state index is 0.821. The van der Waals surface area contributed by atoms with E-state index in [1.165, 1.54) is 33.0 Å². The lowest BCUT2D eigenvalue weighted by Crippen LogP contribution is -2.08. The average molecular weight is 323 g/mol. The first-order valence-electron chi connectivity index (χ1n) is 7.49. The Labute approximate surface area is 140 Å². The Balaban J connectivity index is 2.33. The Bertz CT molecular complexity index is 766. The number of rotatable bonds is 2. The molecule has 0 unspecified atom stereocenters. The average Bonchev–Trinajstić information content (AvgIpc) is 2.49. The van der Waals surface area contributed by atoms with Crippen LogP contribution in [0.25, 0.3) is 22.3 Å². The van der Waals surface area contributed by atoms with Crippen LogP contribution in [-0.2, 0) is 0 Å². The SMILES string of the molecule is Cc1cccc(-c2c([SiH3])ccc(Cl)c2-c2cccc(C)c2)c1. The van der Waals surface area contributed by atoms with E-state index in [1.807, 2.05) is 6.07 Å². The molecule has 0 saturated carbocycles. The molecular weight excluding hydrogens is 304 g/mol. The zero-order valence-electron chi connectivity index (χ0n) is 13.2. The van der Waals surface area contributed by atoms with Crippen molar-refractivity contribution in [2.24, 2.45) is 0 Å². The minimum Gasteiger partial charge on any atom is -0.0836 e. The van der Waals surface area contributed by atoms with Gasteiger partial charge in [0.2, 0.25) is 0 Å². The fourth-order valence-corrected chi connectivity index (χ4v) is 3.91. The molecule has 0 saturated heterocycles. The molecule has 0 aromatic heterocycles. The van der Waals surface area contributed by atoms with Gasteiger partial charge in [-0.05, 0) is 36.6 Å². The molecule has 0 spiro atoms. The molecule has 3 rings (SSSR count). The second-order valence-electron chi connectivity index (χ2n) is 5.85. The van der Waals surface area contributed by atoms with Gasteiger partial charge in [0.1, 0.15) is 0 Å². The quantitative estimate of drug-likeness (QED) is 0.618. The van der Waals surface area contributed by atoms with Crippen molar-refractivity contribution in [3.05, 3.63) is 76.8 Å². The summed E-state index contributed by atoms with van der Waals surface area (Å²) < 4.78 is 0. The lowest BCUT2D eigenvalue weighted by molar-refractivity contribution is 1.45. The number of hydrogen-bond acceptors (Lipinski definition) is 0. The van der Waals surface area contributed by atoms with Crippen LogP contribution in [0.3, 0.4) is 0 Å². The Morgan fingerprint density at radius 2 is 1.27 bits per heavy atom. The fourth-order valence-electron chi connectivity index (χ4n) is 2.94. The maximum absolute atomic E-state index is 6.59. The third kappa shape index (κ3) is 2.87. The van der Waals surface area contributed by atoms with Gasteiger partial charge in [-0.3, -0.25) is 0 Å². The van der Waals surface area contributed by atoms with E-state index < -0.39 is 0 Å². The lowest BCUT2D eigenvalue weighted by Gasteiger charge is -2.16. The predicted octanol–water partition coefficient (Wildman–Crippen LogP) is 4.28. The number of halogens is 1. The molecule has 0 bridgehead atoms. The van der Waals surface area contributed by atoms with E-state index in [-0.39, 0.29) is 0 Å². The maximum atomic E-state index is 6.59. The predicted molar refractivity (Wildman–Crippen MR) is 101 cm³/mol. The van der Waals surface area contributed by atoms with Crippen molar-refractivity contribution in [3.63, 3.8) is 0 Å². The molecule has 3 aromatic carbocycles. The summed E-state index contributed by atoms with van der Waals surface area (Å²) in [4.78, 5) is 0. The molecule has 110 valence electrons. The molecule has 22 heavy (non-hydrogen) atoms. The van der Waals surface area contributed by atoms with Crippen LogP contribution >= 0.6 is 11.6 Å². The van der Waals surface area contributed by atoms with Crippen molar-refractivity contribution in [2.75, 3.05) is 0 Å². The molecular formula is C20H19ClSi. The highest BCUT2D eigenvalue weighted by atomic mass is 35.5. The van der Waals surface area contributed by atoms with Crippen LogP contribution in [0.15, 0.2) is 60.7 Å². The van der Waals surface area contributed by atoms with Gasteiger partial charge in [-0.25, -0.2) is 0 Å². The van der Waals surface area contributed by atoms with Gasteiger partial charge < -0.3 is 0 Å². The van der Waals surface area contributed by atoms with Crippen LogP contribution in [0.2, 0.25) is 5.02 Å². The van der Waals surface area contributed by atoms with Crippen molar-refractivity contribution >= 4 is 27.0 Å². The first kappa shape index (κ1) is 15.1. The summed E-state index contributed by atoms with van der Waals surface area (Å²) in [5.74, 6) is 0. The van der Waals surface area contributed by atoms with Gasteiger partial charge in [-0.15, -0.1) is 0 Å². The van der Waals surface area contributed by atoms with Gasteiger partial charge in [0.15, 0.2) is 0 Å². The standard InChI is InChI=1S/C20H19ClSi/c1-13-5-3-7-15(11-13)19-17(21)9-10-18(22)20(19)16-8-4-6-14(2)12-16/h3-12H,1-2,22H3. The Hall–Kier alpha value is -1.83. The molecule has 0 fully saturated rings. The molecule has 0 nitrogen and oxygen atoms in total. The molecule has 0 radical (unpaired) electrons. The third-order valence-electron chi connectivity index (χ3n) is 3.98. The zero-order valence-corrected chi connectivity index (χ0v) is 15.9. The highest BCUT2D eigenvalue weighted by molar-refractivity contribution is 6.40. The summed E-state index contributed by atoms with van der Waals surface area (Å²) in [6.45, 7) is 4.25. The smallest absolute Gasteiger partial charge is 0.0490 e. The Morgan fingerprint density at radius 3 is 1.82 bits per heavy atom. The summed E-state index contributed by atoms with van der Waals surface area (Å²) in [5, 5.41) is 2.20. The first-order chi connectivity index (χ1) is 10.6. The number of benzene rings is 3. The fraction of sp³-hybridized carbons (Fsp3) is 0.100. The molecule has 0 N–H and O–H groups in total. The largest absolute Gasteiger partial charge is 0.0836 e. The van der Waals surface area contributed by atoms with Crippen LogP contribution in [-0.4, -0.2) is 10.2 Å². The maximum Gasteiger partial charge on any atom is 0.0490 e. The van der Waals surface area contributed by atoms with E-state index in [9.17, 15) is 0 Å². The van der Waals surface area contributed by atoms with E-state index >= 15 is 0 Å². The van der Waals surface area contributed by atoms with Gasteiger partial charge in [0.05, 0.1) is 0 Å². The Kier molecular flexibility index (Phi) is 4.19. The molecule has 2 heteroatoms. The van der Waals surface area contributed by atoms with Crippen molar-refractivity contribution in [1.29, 1.82) is 0 Å². The van der Waals surface area contributed by atoms with Crippen LogP contribution in [0.1, 0.15) is 11.1 Å². The molecule has 0 atom stereocenters. The normalized spacial score (nSPS) is 10.9. The topological polar surface area (TPSA) is 0 Å². The first-order valence-corrected chi connectivity index (χ1v) is 8.87. The van der Waals surface area contributed by atoms with Crippen LogP contribution in [0.4, 0.5) is 0 Å². The molecule has 0 heterocycles. The summed E-state index contributed by atoms with van der Waals surface area (Å²) in [5.41, 5.74) is 7.41.